The Bertz CT molecular complexity index is 1130. The molecule has 31 heavy (non-hydrogen) atoms. The van der Waals surface area contributed by atoms with E-state index in [1.54, 1.807) is 0 Å². The number of amides is 1. The van der Waals surface area contributed by atoms with Gasteiger partial charge in [0.1, 0.15) is 0 Å². The third-order valence-corrected chi connectivity index (χ3v) is 6.01. The maximum Gasteiger partial charge on any atom is 0.221 e. The van der Waals surface area contributed by atoms with E-state index in [2.05, 4.69) is 90.7 Å². The van der Waals surface area contributed by atoms with Crippen LogP contribution < -0.4 is 5.32 Å². The highest BCUT2D eigenvalue weighted by Gasteiger charge is 2.22. The highest BCUT2D eigenvalue weighted by Crippen LogP contribution is 2.34. The number of carbonyl (C=O) groups excluding carboxylic acids is 1. The van der Waals surface area contributed by atoms with Crippen molar-refractivity contribution in [3.8, 4) is 0 Å². The van der Waals surface area contributed by atoms with Crippen molar-refractivity contribution in [3.63, 3.8) is 0 Å². The number of aromatic nitrogens is 1. The fraction of sp³-hybridized carbons (Fsp3) is 0.250. The molecule has 4 rings (SSSR count). The van der Waals surface area contributed by atoms with Gasteiger partial charge in [-0.1, -0.05) is 78.9 Å². The first-order valence-corrected chi connectivity index (χ1v) is 11.0. The normalized spacial score (nSPS) is 13.1. The van der Waals surface area contributed by atoms with Crippen molar-refractivity contribution in [1.29, 1.82) is 0 Å². The van der Waals surface area contributed by atoms with E-state index in [0.717, 1.165) is 12.8 Å². The second-order valence-electron chi connectivity index (χ2n) is 8.37. The number of benzene rings is 3. The smallest absolute Gasteiger partial charge is 0.221 e. The van der Waals surface area contributed by atoms with Crippen LogP contribution >= 0.6 is 0 Å². The van der Waals surface area contributed by atoms with Crippen molar-refractivity contribution in [2.24, 2.45) is 7.05 Å². The summed E-state index contributed by atoms with van der Waals surface area (Å²) in [5, 5.41) is 4.44. The molecular weight excluding hydrogens is 380 g/mol. The van der Waals surface area contributed by atoms with Gasteiger partial charge in [0.05, 0.1) is 0 Å². The van der Waals surface area contributed by atoms with Crippen LogP contribution in [0.5, 0.6) is 0 Å². The maximum absolute atomic E-state index is 13.0. The van der Waals surface area contributed by atoms with Gasteiger partial charge in [-0.25, -0.2) is 0 Å². The second-order valence-corrected chi connectivity index (χ2v) is 8.37. The molecule has 3 aromatic carbocycles. The number of nitrogens with zero attached hydrogens (tertiary/aromatic N) is 1. The van der Waals surface area contributed by atoms with Crippen molar-refractivity contribution in [2.75, 3.05) is 0 Å². The minimum absolute atomic E-state index is 0.0219. The van der Waals surface area contributed by atoms with Crippen LogP contribution in [0.15, 0.2) is 91.1 Å². The topological polar surface area (TPSA) is 34.0 Å². The lowest BCUT2D eigenvalue weighted by molar-refractivity contribution is -0.121. The summed E-state index contributed by atoms with van der Waals surface area (Å²) < 4.78 is 2.15. The van der Waals surface area contributed by atoms with Gasteiger partial charge in [-0.2, -0.15) is 0 Å². The molecule has 1 aromatic heterocycles. The molecule has 3 nitrogen and oxygen atoms in total. The Morgan fingerprint density at radius 2 is 1.55 bits per heavy atom. The zero-order chi connectivity index (χ0) is 21.6. The lowest BCUT2D eigenvalue weighted by Crippen LogP contribution is -2.33. The predicted octanol–water partition coefficient (Wildman–Crippen LogP) is 5.84. The van der Waals surface area contributed by atoms with E-state index in [9.17, 15) is 4.79 Å². The van der Waals surface area contributed by atoms with Gasteiger partial charge >= 0.3 is 0 Å². The number of para-hydroxylation sites is 1. The first-order valence-electron chi connectivity index (χ1n) is 11.0. The van der Waals surface area contributed by atoms with Crippen LogP contribution in [0.2, 0.25) is 0 Å². The number of carbonyl (C=O) groups is 1. The summed E-state index contributed by atoms with van der Waals surface area (Å²) in [4.78, 5) is 13.0. The van der Waals surface area contributed by atoms with Crippen LogP contribution in [0.25, 0.3) is 10.9 Å². The zero-order valence-corrected chi connectivity index (χ0v) is 18.3. The standard InChI is InChI=1S/C28H30N2O/c1-21(17-18-22-11-5-3-6-12-22)29-28(31)19-25(23-13-7-4-8-14-23)26-20-30(2)27-16-10-9-15-24(26)27/h3-16,20-21,25H,17-19H2,1-2H3,(H,29,31). The fourth-order valence-electron chi connectivity index (χ4n) is 4.36. The van der Waals surface area contributed by atoms with Crippen LogP contribution in [0.3, 0.4) is 0 Å². The van der Waals surface area contributed by atoms with Gasteiger partial charge in [-0.05, 0) is 42.5 Å². The number of hydrogen-bond donors (Lipinski definition) is 1. The Morgan fingerprint density at radius 1 is 0.903 bits per heavy atom. The minimum atomic E-state index is 0.0219. The van der Waals surface area contributed by atoms with E-state index in [1.165, 1.54) is 27.6 Å². The third-order valence-electron chi connectivity index (χ3n) is 6.01. The van der Waals surface area contributed by atoms with Crippen molar-refractivity contribution >= 4 is 16.8 Å². The molecule has 0 fully saturated rings. The quantitative estimate of drug-likeness (QED) is 0.389. The lowest BCUT2D eigenvalue weighted by Gasteiger charge is -2.19. The van der Waals surface area contributed by atoms with Gasteiger partial charge in [-0.15, -0.1) is 0 Å². The number of rotatable bonds is 8. The second kappa shape index (κ2) is 9.65. The Labute approximate surface area is 184 Å². The third kappa shape index (κ3) is 5.05. The molecule has 3 heteroatoms. The minimum Gasteiger partial charge on any atom is -0.354 e. The number of fused-ring (bicyclic) bond motifs is 1. The van der Waals surface area contributed by atoms with E-state index >= 15 is 0 Å². The van der Waals surface area contributed by atoms with Crippen LogP contribution in [0.1, 0.15) is 42.4 Å². The van der Waals surface area contributed by atoms with Gasteiger partial charge < -0.3 is 9.88 Å². The monoisotopic (exact) mass is 410 g/mol. The fourth-order valence-corrected chi connectivity index (χ4v) is 4.36. The van der Waals surface area contributed by atoms with E-state index in [0.29, 0.717) is 6.42 Å². The summed E-state index contributed by atoms with van der Waals surface area (Å²) in [6.07, 6.45) is 4.51. The number of hydrogen-bond acceptors (Lipinski definition) is 1. The van der Waals surface area contributed by atoms with Crippen LogP contribution in [-0.2, 0) is 18.3 Å². The first kappa shape index (κ1) is 20.9. The molecule has 0 bridgehead atoms. The van der Waals surface area contributed by atoms with E-state index < -0.39 is 0 Å². The van der Waals surface area contributed by atoms with Crippen LogP contribution in [0.4, 0.5) is 0 Å². The van der Waals surface area contributed by atoms with E-state index in [4.69, 9.17) is 0 Å². The largest absolute Gasteiger partial charge is 0.354 e. The Balaban J connectivity index is 1.51. The highest BCUT2D eigenvalue weighted by molar-refractivity contribution is 5.86. The van der Waals surface area contributed by atoms with Gasteiger partial charge in [-0.3, -0.25) is 4.79 Å². The summed E-state index contributed by atoms with van der Waals surface area (Å²) in [5.74, 6) is 0.121. The Kier molecular flexibility index (Phi) is 6.51. The average molecular weight is 411 g/mol. The molecule has 2 atom stereocenters. The molecule has 0 aliphatic rings. The summed E-state index contributed by atoms with van der Waals surface area (Å²) in [6, 6.07) is 29.4. The van der Waals surface area contributed by atoms with Gasteiger partial charge in [0.2, 0.25) is 5.91 Å². The van der Waals surface area contributed by atoms with Crippen molar-refractivity contribution in [1.82, 2.24) is 9.88 Å². The summed E-state index contributed by atoms with van der Waals surface area (Å²) in [5.41, 5.74) is 4.87. The molecule has 4 aromatic rings. The lowest BCUT2D eigenvalue weighted by atomic mass is 9.88. The predicted molar refractivity (Wildman–Crippen MR) is 128 cm³/mol. The molecule has 0 radical (unpaired) electrons. The molecule has 0 saturated heterocycles. The summed E-state index contributed by atoms with van der Waals surface area (Å²) in [7, 11) is 2.07. The Morgan fingerprint density at radius 3 is 2.29 bits per heavy atom. The molecule has 0 spiro atoms. The van der Waals surface area contributed by atoms with Crippen molar-refractivity contribution in [3.05, 3.63) is 108 Å². The van der Waals surface area contributed by atoms with E-state index in [-0.39, 0.29) is 17.9 Å². The highest BCUT2D eigenvalue weighted by atomic mass is 16.1. The molecule has 1 amide bonds. The molecule has 1 N–H and O–H groups in total. The zero-order valence-electron chi connectivity index (χ0n) is 18.3. The van der Waals surface area contributed by atoms with Crippen molar-refractivity contribution in [2.45, 2.75) is 38.1 Å². The van der Waals surface area contributed by atoms with Crippen LogP contribution in [-0.4, -0.2) is 16.5 Å². The molecule has 0 saturated carbocycles. The van der Waals surface area contributed by atoms with Gasteiger partial charge in [0, 0.05) is 42.5 Å². The van der Waals surface area contributed by atoms with E-state index in [1.807, 2.05) is 24.3 Å². The molecule has 1 heterocycles. The summed E-state index contributed by atoms with van der Waals surface area (Å²) in [6.45, 7) is 2.09. The average Bonchev–Trinajstić information content (AvgIpc) is 3.14. The summed E-state index contributed by atoms with van der Waals surface area (Å²) >= 11 is 0. The van der Waals surface area contributed by atoms with Crippen LogP contribution in [0, 0.1) is 0 Å². The maximum atomic E-state index is 13.0. The van der Waals surface area contributed by atoms with Gasteiger partial charge in [0.15, 0.2) is 0 Å². The molecule has 158 valence electrons. The Hall–Kier alpha value is -3.33. The SMILES string of the molecule is CC(CCc1ccccc1)NC(=O)CC(c1ccccc1)c1cn(C)c2ccccc12. The molecule has 2 unspecified atom stereocenters. The number of nitrogens with one attached hydrogen (secondary N) is 1. The molecular formula is C28H30N2O. The first-order chi connectivity index (χ1) is 15.1. The van der Waals surface area contributed by atoms with Gasteiger partial charge in [0.25, 0.3) is 0 Å². The molecule has 0 aliphatic carbocycles. The molecule has 0 aliphatic heterocycles. The van der Waals surface area contributed by atoms with Crippen molar-refractivity contribution < 1.29 is 4.79 Å². The number of aryl methyl sites for hydroxylation is 2.